The van der Waals surface area contributed by atoms with Crippen LogP contribution in [0.3, 0.4) is 0 Å². The lowest BCUT2D eigenvalue weighted by Gasteiger charge is -2.10. The Morgan fingerprint density at radius 1 is 0.935 bits per heavy atom. The first-order chi connectivity index (χ1) is 14.9. The minimum absolute atomic E-state index is 0.166. The van der Waals surface area contributed by atoms with E-state index in [1.807, 2.05) is 0 Å². The molecule has 1 aromatic heterocycles. The van der Waals surface area contributed by atoms with Gasteiger partial charge in [-0.25, -0.2) is 4.79 Å². The van der Waals surface area contributed by atoms with Crippen molar-refractivity contribution in [2.75, 3.05) is 27.9 Å². The average Bonchev–Trinajstić information content (AvgIpc) is 3.13. The van der Waals surface area contributed by atoms with Gasteiger partial charge in [0.15, 0.2) is 18.1 Å². The Balaban J connectivity index is 1.61. The van der Waals surface area contributed by atoms with E-state index >= 15 is 0 Å². The lowest BCUT2D eigenvalue weighted by molar-refractivity contribution is -0.124. The molecular weight excluding hydrogens is 465 g/mol. The minimum atomic E-state index is -0.706. The number of rotatable bonds is 8. The van der Waals surface area contributed by atoms with Crippen LogP contribution in [0.25, 0.3) is 10.1 Å². The first-order valence-corrected chi connectivity index (χ1v) is 10.6. The Labute approximate surface area is 192 Å². The minimum Gasteiger partial charge on any atom is -0.495 e. The van der Waals surface area contributed by atoms with Crippen molar-refractivity contribution in [1.82, 2.24) is 5.32 Å². The molecule has 0 spiro atoms. The van der Waals surface area contributed by atoms with Gasteiger partial charge in [-0.05, 0) is 29.8 Å². The fourth-order valence-corrected chi connectivity index (χ4v) is 4.59. The average molecular weight is 484 g/mol. The summed E-state index contributed by atoms with van der Waals surface area (Å²) >= 11 is 13.7. The van der Waals surface area contributed by atoms with Crippen LogP contribution in [0.1, 0.15) is 15.2 Å². The zero-order valence-electron chi connectivity index (χ0n) is 16.9. The summed E-state index contributed by atoms with van der Waals surface area (Å²) in [6, 6.07) is 8.66. The van der Waals surface area contributed by atoms with E-state index in [4.69, 9.17) is 42.1 Å². The van der Waals surface area contributed by atoms with Gasteiger partial charge in [-0.3, -0.25) is 4.79 Å². The van der Waals surface area contributed by atoms with Crippen LogP contribution in [-0.4, -0.2) is 39.8 Å². The third kappa shape index (κ3) is 4.98. The zero-order valence-corrected chi connectivity index (χ0v) is 19.2. The van der Waals surface area contributed by atoms with Gasteiger partial charge in [-0.1, -0.05) is 29.3 Å². The van der Waals surface area contributed by atoms with Crippen LogP contribution in [0.5, 0.6) is 17.2 Å². The molecule has 1 heterocycles. The van der Waals surface area contributed by atoms with Crippen LogP contribution < -0.4 is 19.5 Å². The number of halogens is 2. The van der Waals surface area contributed by atoms with Crippen molar-refractivity contribution < 1.29 is 28.5 Å². The predicted molar refractivity (Wildman–Crippen MR) is 120 cm³/mol. The molecule has 0 radical (unpaired) electrons. The fraction of sp³-hybridized carbons (Fsp3) is 0.238. The van der Waals surface area contributed by atoms with Crippen LogP contribution in [0.15, 0.2) is 30.3 Å². The quantitative estimate of drug-likeness (QED) is 0.467. The monoisotopic (exact) mass is 483 g/mol. The second-order valence-corrected chi connectivity index (χ2v) is 8.02. The number of ether oxygens (including phenoxy) is 4. The summed E-state index contributed by atoms with van der Waals surface area (Å²) in [5.41, 5.74) is 0.800. The highest BCUT2D eigenvalue weighted by atomic mass is 35.5. The largest absolute Gasteiger partial charge is 0.495 e. The third-order valence-electron chi connectivity index (χ3n) is 4.38. The molecule has 0 saturated carbocycles. The van der Waals surface area contributed by atoms with Crippen LogP contribution in [0, 0.1) is 0 Å². The number of methoxy groups -OCH3 is 3. The number of benzene rings is 2. The molecule has 1 amide bonds. The van der Waals surface area contributed by atoms with E-state index < -0.39 is 18.5 Å². The number of esters is 1. The van der Waals surface area contributed by atoms with Crippen molar-refractivity contribution >= 4 is 56.5 Å². The number of hydrogen-bond acceptors (Lipinski definition) is 7. The van der Waals surface area contributed by atoms with Gasteiger partial charge < -0.3 is 24.3 Å². The number of nitrogens with one attached hydrogen (secondary N) is 1. The van der Waals surface area contributed by atoms with Crippen LogP contribution >= 0.6 is 34.5 Å². The first kappa shape index (κ1) is 23.0. The Morgan fingerprint density at radius 3 is 2.29 bits per heavy atom. The van der Waals surface area contributed by atoms with Gasteiger partial charge in [-0.2, -0.15) is 0 Å². The summed E-state index contributed by atoms with van der Waals surface area (Å²) in [4.78, 5) is 24.7. The van der Waals surface area contributed by atoms with Gasteiger partial charge >= 0.3 is 5.97 Å². The van der Waals surface area contributed by atoms with Crippen molar-refractivity contribution in [3.05, 3.63) is 50.8 Å². The number of carbonyl (C=O) groups excluding carboxylic acids is 2. The maximum Gasteiger partial charge on any atom is 0.350 e. The SMILES string of the molecule is COc1ccc(CNC(=O)COC(=O)c2sc3c(Cl)c(OC)ccc3c2Cl)cc1OC. The summed E-state index contributed by atoms with van der Waals surface area (Å²) in [5, 5.41) is 3.88. The topological polar surface area (TPSA) is 83.1 Å². The van der Waals surface area contributed by atoms with Crippen LogP contribution in [-0.2, 0) is 16.1 Å². The van der Waals surface area contributed by atoms with Gasteiger partial charge in [0.05, 0.1) is 31.1 Å². The normalized spacial score (nSPS) is 10.6. The number of carbonyl (C=O) groups is 2. The van der Waals surface area contributed by atoms with E-state index in [1.54, 1.807) is 37.4 Å². The molecular formula is C21H19Cl2NO6S. The van der Waals surface area contributed by atoms with Crippen molar-refractivity contribution in [3.63, 3.8) is 0 Å². The van der Waals surface area contributed by atoms with Gasteiger partial charge in [0.1, 0.15) is 15.6 Å². The van der Waals surface area contributed by atoms with Crippen molar-refractivity contribution in [2.24, 2.45) is 0 Å². The number of thiophene rings is 1. The molecule has 2 aromatic carbocycles. The molecule has 3 rings (SSSR count). The van der Waals surface area contributed by atoms with E-state index in [1.165, 1.54) is 14.2 Å². The Bertz CT molecular complexity index is 1130. The Kier molecular flexibility index (Phi) is 7.48. The number of hydrogen-bond donors (Lipinski definition) is 1. The lowest BCUT2D eigenvalue weighted by Crippen LogP contribution is -2.28. The van der Waals surface area contributed by atoms with Gasteiger partial charge in [0.25, 0.3) is 5.91 Å². The highest BCUT2D eigenvalue weighted by Gasteiger charge is 2.22. The van der Waals surface area contributed by atoms with E-state index in [0.29, 0.717) is 32.4 Å². The molecule has 0 bridgehead atoms. The van der Waals surface area contributed by atoms with Crippen LogP contribution in [0.2, 0.25) is 10.0 Å². The summed E-state index contributed by atoms with van der Waals surface area (Å²) < 4.78 is 21.3. The molecule has 1 N–H and O–H groups in total. The molecule has 0 aliphatic rings. The van der Waals surface area contributed by atoms with E-state index in [0.717, 1.165) is 16.9 Å². The second-order valence-electron chi connectivity index (χ2n) is 6.25. The first-order valence-electron chi connectivity index (χ1n) is 8.98. The molecule has 0 unspecified atom stereocenters. The molecule has 10 heteroatoms. The van der Waals surface area contributed by atoms with Gasteiger partial charge in [-0.15, -0.1) is 11.3 Å². The van der Waals surface area contributed by atoms with E-state index in [9.17, 15) is 9.59 Å². The predicted octanol–water partition coefficient (Wildman–Crippen LogP) is 4.71. The summed E-state index contributed by atoms with van der Waals surface area (Å²) in [6.45, 7) is -0.219. The fourth-order valence-electron chi connectivity index (χ4n) is 2.81. The van der Waals surface area contributed by atoms with Gasteiger partial charge in [0, 0.05) is 11.9 Å². The third-order valence-corrected chi connectivity index (χ3v) is 6.57. The highest BCUT2D eigenvalue weighted by Crippen LogP contribution is 2.43. The summed E-state index contributed by atoms with van der Waals surface area (Å²) in [5.74, 6) is 0.448. The smallest absolute Gasteiger partial charge is 0.350 e. The highest BCUT2D eigenvalue weighted by molar-refractivity contribution is 7.22. The van der Waals surface area contributed by atoms with Crippen molar-refractivity contribution in [3.8, 4) is 17.2 Å². The van der Waals surface area contributed by atoms with E-state index in [2.05, 4.69) is 5.32 Å². The maximum atomic E-state index is 12.5. The molecule has 7 nitrogen and oxygen atoms in total. The molecule has 3 aromatic rings. The number of fused-ring (bicyclic) bond motifs is 1. The second kappa shape index (κ2) is 10.1. The van der Waals surface area contributed by atoms with E-state index in [-0.39, 0.29) is 16.4 Å². The van der Waals surface area contributed by atoms with Crippen LogP contribution in [0.4, 0.5) is 0 Å². The van der Waals surface area contributed by atoms with Crippen molar-refractivity contribution in [1.29, 1.82) is 0 Å². The molecule has 164 valence electrons. The standard InChI is InChI=1S/C21H19Cl2NO6S/c1-27-13-6-4-11(8-15(13)29-3)9-24-16(25)10-30-21(26)20-17(22)12-5-7-14(28-2)18(23)19(12)31-20/h4-8H,9-10H2,1-3H3,(H,24,25). The Morgan fingerprint density at radius 2 is 1.61 bits per heavy atom. The molecule has 31 heavy (non-hydrogen) atoms. The molecule has 0 fully saturated rings. The lowest BCUT2D eigenvalue weighted by atomic mass is 10.2. The molecule has 0 atom stereocenters. The summed E-state index contributed by atoms with van der Waals surface area (Å²) in [6.07, 6.45) is 0. The Hall–Kier alpha value is -2.68. The van der Waals surface area contributed by atoms with Crippen molar-refractivity contribution in [2.45, 2.75) is 6.54 Å². The number of amides is 1. The molecule has 0 aliphatic heterocycles. The summed E-state index contributed by atoms with van der Waals surface area (Å²) in [7, 11) is 4.57. The zero-order chi connectivity index (χ0) is 22.5. The maximum absolute atomic E-state index is 12.5. The van der Waals surface area contributed by atoms with Gasteiger partial charge in [0.2, 0.25) is 0 Å². The molecule has 0 aliphatic carbocycles. The molecule has 0 saturated heterocycles.